The molecule has 2 atom stereocenters. The molecule has 20 heavy (non-hydrogen) atoms. The minimum absolute atomic E-state index is 0.219. The molecule has 1 saturated carbocycles. The van der Waals surface area contributed by atoms with Crippen molar-refractivity contribution in [2.45, 2.75) is 51.7 Å². The van der Waals surface area contributed by atoms with Gasteiger partial charge in [0.15, 0.2) is 5.69 Å². The van der Waals surface area contributed by atoms with Gasteiger partial charge in [-0.15, -0.1) is 5.10 Å². The zero-order valence-electron chi connectivity index (χ0n) is 11.9. The summed E-state index contributed by atoms with van der Waals surface area (Å²) in [6, 6.07) is 0. The molecule has 7 heteroatoms. The van der Waals surface area contributed by atoms with Crippen LogP contribution in [0.4, 0.5) is 0 Å². The molecule has 7 nitrogen and oxygen atoms in total. The Bertz CT molecular complexity index is 434. The van der Waals surface area contributed by atoms with Crippen LogP contribution in [-0.2, 0) is 11.3 Å². The summed E-state index contributed by atoms with van der Waals surface area (Å²) in [4.78, 5) is 11.2. The first-order valence-electron chi connectivity index (χ1n) is 7.27. The van der Waals surface area contributed by atoms with Crippen LogP contribution >= 0.6 is 0 Å². The van der Waals surface area contributed by atoms with Crippen LogP contribution in [0, 0.1) is 5.92 Å². The van der Waals surface area contributed by atoms with E-state index >= 15 is 0 Å². The molecule has 1 amide bonds. The van der Waals surface area contributed by atoms with E-state index in [0.29, 0.717) is 25.2 Å². The van der Waals surface area contributed by atoms with Gasteiger partial charge in [0.2, 0.25) is 0 Å². The fourth-order valence-electron chi connectivity index (χ4n) is 2.74. The van der Waals surface area contributed by atoms with Crippen molar-refractivity contribution in [1.82, 2.24) is 20.4 Å². The van der Waals surface area contributed by atoms with Gasteiger partial charge in [0, 0.05) is 0 Å². The summed E-state index contributed by atoms with van der Waals surface area (Å²) in [6.45, 7) is 3.41. The molecule has 2 rings (SSSR count). The average Bonchev–Trinajstić information content (AvgIpc) is 2.96. The Hall–Kier alpha value is -1.47. The summed E-state index contributed by atoms with van der Waals surface area (Å²) >= 11 is 0. The average molecular weight is 281 g/mol. The van der Waals surface area contributed by atoms with Crippen LogP contribution < -0.4 is 11.3 Å². The molecule has 0 aromatic carbocycles. The fraction of sp³-hybridized carbons (Fsp3) is 0.769. The Kier molecular flexibility index (Phi) is 5.49. The lowest BCUT2D eigenvalue weighted by atomic mass is 9.85. The number of amides is 1. The third-order valence-corrected chi connectivity index (χ3v) is 3.92. The zero-order valence-corrected chi connectivity index (χ0v) is 11.9. The number of ether oxygens (including phenoxy) is 1. The SMILES string of the molecule is CCC1CCCCC1OCCn1cc(C(=O)NN)nn1. The van der Waals surface area contributed by atoms with E-state index in [1.165, 1.54) is 25.7 Å². The summed E-state index contributed by atoms with van der Waals surface area (Å²) in [5.41, 5.74) is 2.25. The smallest absolute Gasteiger partial charge is 0.287 e. The van der Waals surface area contributed by atoms with Crippen molar-refractivity contribution in [2.24, 2.45) is 11.8 Å². The maximum atomic E-state index is 11.2. The Morgan fingerprint density at radius 3 is 3.10 bits per heavy atom. The number of nitrogen functional groups attached to an aromatic ring is 1. The number of hydrazine groups is 1. The van der Waals surface area contributed by atoms with E-state index in [1.54, 1.807) is 10.9 Å². The van der Waals surface area contributed by atoms with Crippen molar-refractivity contribution >= 4 is 5.91 Å². The number of nitrogens with zero attached hydrogens (tertiary/aromatic N) is 3. The maximum Gasteiger partial charge on any atom is 0.287 e. The van der Waals surface area contributed by atoms with E-state index < -0.39 is 5.91 Å². The molecule has 0 aliphatic heterocycles. The minimum atomic E-state index is -0.435. The van der Waals surface area contributed by atoms with Gasteiger partial charge in [-0.2, -0.15) is 0 Å². The molecule has 1 heterocycles. The number of hydrogen-bond acceptors (Lipinski definition) is 5. The number of rotatable bonds is 6. The van der Waals surface area contributed by atoms with Crippen LogP contribution in [0.3, 0.4) is 0 Å². The van der Waals surface area contributed by atoms with Gasteiger partial charge >= 0.3 is 0 Å². The zero-order chi connectivity index (χ0) is 14.4. The molecular formula is C13H23N5O2. The maximum absolute atomic E-state index is 11.2. The van der Waals surface area contributed by atoms with E-state index in [-0.39, 0.29) is 5.69 Å². The number of nitrogens with one attached hydrogen (secondary N) is 1. The molecule has 0 spiro atoms. The van der Waals surface area contributed by atoms with E-state index in [4.69, 9.17) is 10.6 Å². The lowest BCUT2D eigenvalue weighted by Gasteiger charge is -2.30. The number of aromatic nitrogens is 3. The van der Waals surface area contributed by atoms with E-state index in [2.05, 4.69) is 17.2 Å². The van der Waals surface area contributed by atoms with Gasteiger partial charge in [0.25, 0.3) is 5.91 Å². The summed E-state index contributed by atoms with van der Waals surface area (Å²) in [7, 11) is 0. The van der Waals surface area contributed by atoms with Crippen molar-refractivity contribution in [3.8, 4) is 0 Å². The molecule has 0 saturated heterocycles. The number of carbonyl (C=O) groups is 1. The Balaban J connectivity index is 1.77. The highest BCUT2D eigenvalue weighted by Gasteiger charge is 2.24. The van der Waals surface area contributed by atoms with Crippen LogP contribution in [0.5, 0.6) is 0 Å². The minimum Gasteiger partial charge on any atom is -0.376 e. The van der Waals surface area contributed by atoms with Crippen molar-refractivity contribution in [3.63, 3.8) is 0 Å². The second-order valence-electron chi connectivity index (χ2n) is 5.20. The highest BCUT2D eigenvalue weighted by molar-refractivity contribution is 5.91. The van der Waals surface area contributed by atoms with Crippen LogP contribution in [0.15, 0.2) is 6.20 Å². The Labute approximate surface area is 118 Å². The van der Waals surface area contributed by atoms with Crippen molar-refractivity contribution in [3.05, 3.63) is 11.9 Å². The summed E-state index contributed by atoms with van der Waals surface area (Å²) in [5, 5.41) is 7.63. The first-order valence-corrected chi connectivity index (χ1v) is 7.27. The first kappa shape index (κ1) is 14.9. The monoisotopic (exact) mass is 281 g/mol. The quantitative estimate of drug-likeness (QED) is 0.458. The topological polar surface area (TPSA) is 95.1 Å². The van der Waals surface area contributed by atoms with Crippen LogP contribution in [0.1, 0.15) is 49.5 Å². The molecule has 1 aromatic rings. The molecule has 2 unspecified atom stereocenters. The number of carbonyl (C=O) groups excluding carboxylic acids is 1. The fourth-order valence-corrected chi connectivity index (χ4v) is 2.74. The molecule has 112 valence electrons. The van der Waals surface area contributed by atoms with Gasteiger partial charge in [-0.05, 0) is 18.8 Å². The molecule has 3 N–H and O–H groups in total. The molecule has 0 radical (unpaired) electrons. The van der Waals surface area contributed by atoms with E-state index in [1.807, 2.05) is 5.43 Å². The second-order valence-corrected chi connectivity index (χ2v) is 5.20. The van der Waals surface area contributed by atoms with Gasteiger partial charge in [0.1, 0.15) is 0 Å². The molecule has 1 aliphatic rings. The summed E-state index contributed by atoms with van der Waals surface area (Å²) in [6.07, 6.45) is 8.11. The predicted molar refractivity (Wildman–Crippen MR) is 73.7 cm³/mol. The lowest BCUT2D eigenvalue weighted by Crippen LogP contribution is -2.30. The van der Waals surface area contributed by atoms with Crippen LogP contribution in [0.25, 0.3) is 0 Å². The van der Waals surface area contributed by atoms with Crippen molar-refractivity contribution in [2.75, 3.05) is 6.61 Å². The van der Waals surface area contributed by atoms with E-state index in [9.17, 15) is 4.79 Å². The third-order valence-electron chi connectivity index (χ3n) is 3.92. The van der Waals surface area contributed by atoms with Gasteiger partial charge in [-0.3, -0.25) is 10.2 Å². The number of nitrogens with two attached hydrogens (primary N) is 1. The molecule has 1 aliphatic carbocycles. The van der Waals surface area contributed by atoms with Gasteiger partial charge in [0.05, 0.1) is 25.5 Å². The third kappa shape index (κ3) is 3.77. The Morgan fingerprint density at radius 2 is 2.35 bits per heavy atom. The molecular weight excluding hydrogens is 258 g/mol. The Morgan fingerprint density at radius 1 is 1.55 bits per heavy atom. The van der Waals surface area contributed by atoms with Crippen molar-refractivity contribution < 1.29 is 9.53 Å². The van der Waals surface area contributed by atoms with Gasteiger partial charge in [-0.1, -0.05) is 31.4 Å². The highest BCUT2D eigenvalue weighted by Crippen LogP contribution is 2.28. The second kappa shape index (κ2) is 7.35. The summed E-state index contributed by atoms with van der Waals surface area (Å²) in [5.74, 6) is 5.28. The molecule has 1 fully saturated rings. The van der Waals surface area contributed by atoms with E-state index in [0.717, 1.165) is 6.42 Å². The lowest BCUT2D eigenvalue weighted by molar-refractivity contribution is -0.0162. The summed E-state index contributed by atoms with van der Waals surface area (Å²) < 4.78 is 7.58. The first-order chi connectivity index (χ1) is 9.74. The molecule has 1 aromatic heterocycles. The van der Waals surface area contributed by atoms with Gasteiger partial charge < -0.3 is 4.74 Å². The highest BCUT2D eigenvalue weighted by atomic mass is 16.5. The predicted octanol–water partition coefficient (Wildman–Crippen LogP) is 0.867. The van der Waals surface area contributed by atoms with Gasteiger partial charge in [-0.25, -0.2) is 10.5 Å². The molecule has 0 bridgehead atoms. The van der Waals surface area contributed by atoms with Crippen molar-refractivity contribution in [1.29, 1.82) is 0 Å². The normalized spacial score (nSPS) is 22.7. The van der Waals surface area contributed by atoms with Crippen LogP contribution in [-0.4, -0.2) is 33.6 Å². The standard InChI is InChI=1S/C13H23N5O2/c1-2-10-5-3-4-6-12(10)20-8-7-18-9-11(16-17-18)13(19)15-14/h9-10,12H,2-8,14H2,1H3,(H,15,19). The number of hydrogen-bond donors (Lipinski definition) is 2. The van der Waals surface area contributed by atoms with Crippen LogP contribution in [0.2, 0.25) is 0 Å². The largest absolute Gasteiger partial charge is 0.376 e.